The summed E-state index contributed by atoms with van der Waals surface area (Å²) >= 11 is 0. The summed E-state index contributed by atoms with van der Waals surface area (Å²) < 4.78 is 9.93. The predicted octanol–water partition coefficient (Wildman–Crippen LogP) is 3.15. The van der Waals surface area contributed by atoms with Gasteiger partial charge in [-0.3, -0.25) is 0 Å². The second-order valence-electron chi connectivity index (χ2n) is 5.84. The van der Waals surface area contributed by atoms with Gasteiger partial charge in [-0.05, 0) is 38.3 Å². The Labute approximate surface area is 131 Å². The van der Waals surface area contributed by atoms with E-state index in [4.69, 9.17) is 9.47 Å². The summed E-state index contributed by atoms with van der Waals surface area (Å²) in [6, 6.07) is 6.40. The smallest absolute Gasteiger partial charge is 0.408 e. The zero-order valence-corrected chi connectivity index (χ0v) is 13.5. The van der Waals surface area contributed by atoms with E-state index in [1.54, 1.807) is 39.0 Å². The molecule has 5 heteroatoms. The van der Waals surface area contributed by atoms with Gasteiger partial charge in [0, 0.05) is 0 Å². The molecule has 0 bridgehead atoms. The van der Waals surface area contributed by atoms with E-state index in [0.717, 1.165) is 12.0 Å². The number of hydrogen-bond acceptors (Lipinski definition) is 4. The van der Waals surface area contributed by atoms with Gasteiger partial charge in [-0.2, -0.15) is 0 Å². The molecule has 0 aliphatic heterocycles. The maximum atomic E-state index is 11.9. The lowest BCUT2D eigenvalue weighted by Gasteiger charge is -2.22. The summed E-state index contributed by atoms with van der Waals surface area (Å²) in [7, 11) is 1.28. The van der Waals surface area contributed by atoms with Crippen LogP contribution in [-0.2, 0) is 20.7 Å². The first-order valence-corrected chi connectivity index (χ1v) is 7.04. The van der Waals surface area contributed by atoms with Crippen molar-refractivity contribution in [1.29, 1.82) is 0 Å². The Hall–Kier alpha value is -2.30. The summed E-state index contributed by atoms with van der Waals surface area (Å²) in [5, 5.41) is 2.54. The average Bonchev–Trinajstić information content (AvgIpc) is 2.43. The van der Waals surface area contributed by atoms with E-state index in [0.29, 0.717) is 5.56 Å². The van der Waals surface area contributed by atoms with Crippen LogP contribution >= 0.6 is 0 Å². The molecule has 1 atom stereocenters. The van der Waals surface area contributed by atoms with Gasteiger partial charge in [0.1, 0.15) is 5.60 Å². The summed E-state index contributed by atoms with van der Waals surface area (Å²) in [5.74, 6) is -0.553. The van der Waals surface area contributed by atoms with Crippen LogP contribution in [0.5, 0.6) is 0 Å². The fourth-order valence-electron chi connectivity index (χ4n) is 1.83. The molecule has 0 aromatic heterocycles. The second-order valence-corrected chi connectivity index (χ2v) is 5.84. The average molecular weight is 305 g/mol. The van der Waals surface area contributed by atoms with Crippen LogP contribution in [0.2, 0.25) is 0 Å². The molecule has 1 N–H and O–H groups in total. The molecule has 0 saturated carbocycles. The zero-order valence-electron chi connectivity index (χ0n) is 13.5. The van der Waals surface area contributed by atoms with Crippen molar-refractivity contribution in [2.75, 3.05) is 7.11 Å². The summed E-state index contributed by atoms with van der Waals surface area (Å²) in [5.41, 5.74) is 1.06. The van der Waals surface area contributed by atoms with Crippen molar-refractivity contribution in [3.8, 4) is 0 Å². The van der Waals surface area contributed by atoms with E-state index in [-0.39, 0.29) is 0 Å². The summed E-state index contributed by atoms with van der Waals surface area (Å²) in [6.45, 7) is 8.94. The molecule has 0 heterocycles. The molecule has 22 heavy (non-hydrogen) atoms. The number of hydrogen-bond donors (Lipinski definition) is 1. The number of carbonyl (C=O) groups is 2. The molecule has 0 saturated heterocycles. The van der Waals surface area contributed by atoms with Gasteiger partial charge in [0.15, 0.2) is 6.04 Å². The molecule has 0 radical (unpaired) electrons. The monoisotopic (exact) mass is 305 g/mol. The SMILES string of the molecule is C=CCc1ccc(C(NC(=O)OC(C)(C)C)C(=O)OC)cc1. The van der Waals surface area contributed by atoms with Gasteiger partial charge < -0.3 is 14.8 Å². The van der Waals surface area contributed by atoms with Crippen LogP contribution < -0.4 is 5.32 Å². The fraction of sp³-hybridized carbons (Fsp3) is 0.412. The maximum Gasteiger partial charge on any atom is 0.408 e. The highest BCUT2D eigenvalue weighted by Gasteiger charge is 2.26. The van der Waals surface area contributed by atoms with Crippen molar-refractivity contribution in [3.63, 3.8) is 0 Å². The number of carbonyl (C=O) groups excluding carboxylic acids is 2. The first-order valence-electron chi connectivity index (χ1n) is 7.04. The van der Waals surface area contributed by atoms with Crippen LogP contribution in [0, 0.1) is 0 Å². The first kappa shape index (κ1) is 17.8. The molecule has 5 nitrogen and oxygen atoms in total. The van der Waals surface area contributed by atoms with Gasteiger partial charge in [0.05, 0.1) is 7.11 Å². The minimum Gasteiger partial charge on any atom is -0.467 e. The third kappa shape index (κ3) is 5.60. The van der Waals surface area contributed by atoms with E-state index in [2.05, 4.69) is 11.9 Å². The van der Waals surface area contributed by atoms with Gasteiger partial charge in [0.25, 0.3) is 0 Å². The molecule has 0 fully saturated rings. The highest BCUT2D eigenvalue weighted by Crippen LogP contribution is 2.17. The quantitative estimate of drug-likeness (QED) is 0.670. The van der Waals surface area contributed by atoms with E-state index >= 15 is 0 Å². The van der Waals surface area contributed by atoms with Crippen molar-refractivity contribution in [1.82, 2.24) is 5.32 Å². The largest absolute Gasteiger partial charge is 0.467 e. The Kier molecular flexibility index (Phi) is 6.16. The van der Waals surface area contributed by atoms with E-state index < -0.39 is 23.7 Å². The molecule has 1 unspecified atom stereocenters. The van der Waals surface area contributed by atoms with Crippen LogP contribution in [0.1, 0.15) is 37.9 Å². The number of alkyl carbamates (subject to hydrolysis) is 1. The topological polar surface area (TPSA) is 64.6 Å². The third-order valence-electron chi connectivity index (χ3n) is 2.79. The van der Waals surface area contributed by atoms with E-state index in [9.17, 15) is 9.59 Å². The Morgan fingerprint density at radius 2 is 1.86 bits per heavy atom. The molecule has 0 aliphatic carbocycles. The minimum absolute atomic E-state index is 0.553. The first-order chi connectivity index (χ1) is 10.3. The second kappa shape index (κ2) is 7.64. The Morgan fingerprint density at radius 3 is 2.32 bits per heavy atom. The Balaban J connectivity index is 2.91. The van der Waals surface area contributed by atoms with Crippen molar-refractivity contribution in [2.24, 2.45) is 0 Å². The molecule has 1 aromatic carbocycles. The maximum absolute atomic E-state index is 11.9. The molecule has 1 amide bonds. The Bertz CT molecular complexity index is 529. The highest BCUT2D eigenvalue weighted by atomic mass is 16.6. The molecular weight excluding hydrogens is 282 g/mol. The number of amides is 1. The number of ether oxygens (including phenoxy) is 2. The van der Waals surface area contributed by atoms with Crippen molar-refractivity contribution >= 4 is 12.1 Å². The lowest BCUT2D eigenvalue weighted by atomic mass is 10.0. The number of allylic oxidation sites excluding steroid dienone is 1. The van der Waals surface area contributed by atoms with Crippen molar-refractivity contribution in [2.45, 2.75) is 38.8 Å². The van der Waals surface area contributed by atoms with Gasteiger partial charge >= 0.3 is 12.1 Å². The van der Waals surface area contributed by atoms with Crippen LogP contribution in [0.4, 0.5) is 4.79 Å². The molecule has 120 valence electrons. The molecule has 1 rings (SSSR count). The van der Waals surface area contributed by atoms with E-state index in [1.165, 1.54) is 7.11 Å². The summed E-state index contributed by atoms with van der Waals surface area (Å²) in [6.07, 6.45) is 1.87. The predicted molar refractivity (Wildman–Crippen MR) is 84.5 cm³/mol. The number of methoxy groups -OCH3 is 1. The standard InChI is InChI=1S/C17H23NO4/c1-6-7-12-8-10-13(11-9-12)14(15(19)21-5)18-16(20)22-17(2,3)4/h6,8-11,14H,1,7H2,2-5H3,(H,18,20). The lowest BCUT2D eigenvalue weighted by Crippen LogP contribution is -2.38. The van der Waals surface area contributed by atoms with Gasteiger partial charge in [0.2, 0.25) is 0 Å². The Morgan fingerprint density at radius 1 is 1.27 bits per heavy atom. The number of esters is 1. The summed E-state index contributed by atoms with van der Waals surface area (Å²) in [4.78, 5) is 23.8. The lowest BCUT2D eigenvalue weighted by molar-refractivity contribution is -0.143. The number of rotatable bonds is 5. The van der Waals surface area contributed by atoms with Crippen molar-refractivity contribution in [3.05, 3.63) is 48.0 Å². The van der Waals surface area contributed by atoms with Crippen LogP contribution in [0.3, 0.4) is 0 Å². The highest BCUT2D eigenvalue weighted by molar-refractivity contribution is 5.82. The van der Waals surface area contributed by atoms with Crippen LogP contribution in [-0.4, -0.2) is 24.8 Å². The fourth-order valence-corrected chi connectivity index (χ4v) is 1.83. The van der Waals surface area contributed by atoms with Gasteiger partial charge in [-0.25, -0.2) is 9.59 Å². The molecule has 0 aliphatic rings. The zero-order chi connectivity index (χ0) is 16.8. The van der Waals surface area contributed by atoms with E-state index in [1.807, 2.05) is 12.1 Å². The molecule has 1 aromatic rings. The van der Waals surface area contributed by atoms with Crippen LogP contribution in [0.15, 0.2) is 36.9 Å². The minimum atomic E-state index is -0.905. The normalized spacial score (nSPS) is 12.2. The molecule has 0 spiro atoms. The number of benzene rings is 1. The van der Waals surface area contributed by atoms with Crippen LogP contribution in [0.25, 0.3) is 0 Å². The third-order valence-corrected chi connectivity index (χ3v) is 2.79. The van der Waals surface area contributed by atoms with Crippen molar-refractivity contribution < 1.29 is 19.1 Å². The van der Waals surface area contributed by atoms with Gasteiger partial charge in [-0.15, -0.1) is 6.58 Å². The van der Waals surface area contributed by atoms with Gasteiger partial charge in [-0.1, -0.05) is 30.3 Å². The number of nitrogens with one attached hydrogen (secondary N) is 1. The molecular formula is C17H23NO4.